The Hall–Kier alpha value is -6.52. The van der Waals surface area contributed by atoms with Crippen molar-refractivity contribution in [1.29, 1.82) is 0 Å². The van der Waals surface area contributed by atoms with Gasteiger partial charge < -0.3 is 4.57 Å². The van der Waals surface area contributed by atoms with Crippen LogP contribution in [0.5, 0.6) is 0 Å². The van der Waals surface area contributed by atoms with Crippen molar-refractivity contribution in [3.63, 3.8) is 0 Å². The average molecular weight is 613 g/mol. The van der Waals surface area contributed by atoms with Crippen LogP contribution in [0.3, 0.4) is 0 Å². The number of fused-ring (bicyclic) bond motifs is 7. The lowest BCUT2D eigenvalue weighted by molar-refractivity contribution is 1.01. The van der Waals surface area contributed by atoms with Crippen molar-refractivity contribution in [1.82, 2.24) is 19.1 Å². The Kier molecular flexibility index (Phi) is 5.84. The summed E-state index contributed by atoms with van der Waals surface area (Å²) in [7, 11) is 0. The number of benzene rings is 7. The molecule has 7 aromatic carbocycles. The van der Waals surface area contributed by atoms with Gasteiger partial charge in [-0.15, -0.1) is 0 Å². The minimum Gasteiger partial charge on any atom is -0.309 e. The van der Waals surface area contributed by atoms with Gasteiger partial charge in [0.2, 0.25) is 5.95 Å². The molecule has 10 rings (SSSR count). The Labute approximate surface area is 276 Å². The molecule has 224 valence electrons. The fourth-order valence-corrected chi connectivity index (χ4v) is 7.43. The predicted octanol–water partition coefficient (Wildman–Crippen LogP) is 11.2. The summed E-state index contributed by atoms with van der Waals surface area (Å²) in [6.07, 6.45) is 0. The lowest BCUT2D eigenvalue weighted by Gasteiger charge is -2.13. The van der Waals surface area contributed by atoms with Crippen LogP contribution in [0.4, 0.5) is 0 Å². The molecular weight excluding hydrogens is 585 g/mol. The zero-order chi connectivity index (χ0) is 31.6. The van der Waals surface area contributed by atoms with E-state index in [1.807, 2.05) is 12.1 Å². The van der Waals surface area contributed by atoms with Gasteiger partial charge in [-0.05, 0) is 48.0 Å². The van der Waals surface area contributed by atoms with E-state index in [0.717, 1.165) is 38.9 Å². The first-order chi connectivity index (χ1) is 23.8. The minimum absolute atomic E-state index is 0.665. The zero-order valence-corrected chi connectivity index (χ0v) is 26.0. The summed E-state index contributed by atoms with van der Waals surface area (Å²) < 4.78 is 4.62. The third kappa shape index (κ3) is 3.96. The molecule has 0 aliphatic rings. The molecule has 0 amide bonds. The van der Waals surface area contributed by atoms with Crippen molar-refractivity contribution in [2.24, 2.45) is 0 Å². The molecule has 4 nitrogen and oxygen atoms in total. The second-order valence-electron chi connectivity index (χ2n) is 12.2. The number of aromatic nitrogens is 4. The number of rotatable bonds is 4. The SMILES string of the molecule is c1ccc(-c2nc(-n3c4ccccc4c4cc(-c5cccc6c7ccccc7n(-c7ccccc7)c56)ccc43)nc3ccccc23)cc1. The van der Waals surface area contributed by atoms with E-state index in [1.165, 1.54) is 43.7 Å². The summed E-state index contributed by atoms with van der Waals surface area (Å²) in [5.74, 6) is 0.665. The number of hydrogen-bond acceptors (Lipinski definition) is 2. The Bertz CT molecular complexity index is 2830. The highest BCUT2D eigenvalue weighted by molar-refractivity contribution is 6.15. The molecule has 0 unspecified atom stereocenters. The van der Waals surface area contributed by atoms with Crippen LogP contribution in [-0.2, 0) is 0 Å². The van der Waals surface area contributed by atoms with Gasteiger partial charge >= 0.3 is 0 Å². The van der Waals surface area contributed by atoms with Crippen molar-refractivity contribution in [3.8, 4) is 34.0 Å². The quantitative estimate of drug-likeness (QED) is 0.198. The molecule has 0 atom stereocenters. The van der Waals surface area contributed by atoms with Crippen LogP contribution in [0, 0.1) is 0 Å². The fraction of sp³-hybridized carbons (Fsp3) is 0. The number of hydrogen-bond donors (Lipinski definition) is 0. The molecule has 48 heavy (non-hydrogen) atoms. The van der Waals surface area contributed by atoms with Crippen molar-refractivity contribution in [2.75, 3.05) is 0 Å². The molecule has 4 heteroatoms. The van der Waals surface area contributed by atoms with E-state index in [2.05, 4.69) is 167 Å². The second kappa shape index (κ2) is 10.5. The van der Waals surface area contributed by atoms with Crippen LogP contribution in [0.1, 0.15) is 0 Å². The first-order valence-corrected chi connectivity index (χ1v) is 16.3. The van der Waals surface area contributed by atoms with Gasteiger partial charge in [-0.25, -0.2) is 9.97 Å². The molecule has 0 spiro atoms. The highest BCUT2D eigenvalue weighted by atomic mass is 15.2. The van der Waals surface area contributed by atoms with E-state index in [1.54, 1.807) is 0 Å². The third-order valence-electron chi connectivity index (χ3n) is 9.53. The smallest absolute Gasteiger partial charge is 0.235 e. The van der Waals surface area contributed by atoms with Crippen molar-refractivity contribution >= 4 is 54.5 Å². The predicted molar refractivity (Wildman–Crippen MR) is 199 cm³/mol. The van der Waals surface area contributed by atoms with E-state index in [4.69, 9.17) is 9.97 Å². The van der Waals surface area contributed by atoms with Crippen LogP contribution in [0.2, 0.25) is 0 Å². The fourth-order valence-electron chi connectivity index (χ4n) is 7.43. The maximum atomic E-state index is 5.25. The van der Waals surface area contributed by atoms with Crippen LogP contribution >= 0.6 is 0 Å². The first kappa shape index (κ1) is 26.7. The summed E-state index contributed by atoms with van der Waals surface area (Å²) in [5.41, 5.74) is 11.0. The largest absolute Gasteiger partial charge is 0.309 e. The summed E-state index contributed by atoms with van der Waals surface area (Å²) in [6, 6.07) is 60.1. The molecule has 0 aliphatic heterocycles. The molecule has 0 bridgehead atoms. The molecule has 10 aromatic rings. The lowest BCUT2D eigenvalue weighted by atomic mass is 10.00. The van der Waals surface area contributed by atoms with Crippen LogP contribution in [-0.4, -0.2) is 19.1 Å². The van der Waals surface area contributed by atoms with Gasteiger partial charge in [-0.1, -0.05) is 127 Å². The molecule has 0 saturated heterocycles. The highest BCUT2D eigenvalue weighted by Crippen LogP contribution is 2.40. The Morgan fingerprint density at radius 2 is 0.979 bits per heavy atom. The highest BCUT2D eigenvalue weighted by Gasteiger charge is 2.20. The molecule has 0 aliphatic carbocycles. The summed E-state index contributed by atoms with van der Waals surface area (Å²) in [5, 5.41) is 5.87. The molecule has 0 fully saturated rings. The molecular formula is C44H28N4. The monoisotopic (exact) mass is 612 g/mol. The minimum atomic E-state index is 0.665. The molecule has 0 N–H and O–H groups in total. The van der Waals surface area contributed by atoms with Gasteiger partial charge in [0.25, 0.3) is 0 Å². The van der Waals surface area contributed by atoms with E-state index in [-0.39, 0.29) is 0 Å². The molecule has 0 saturated carbocycles. The van der Waals surface area contributed by atoms with Crippen LogP contribution in [0.15, 0.2) is 170 Å². The summed E-state index contributed by atoms with van der Waals surface area (Å²) in [6.45, 7) is 0. The zero-order valence-electron chi connectivity index (χ0n) is 26.0. The van der Waals surface area contributed by atoms with Crippen LogP contribution < -0.4 is 0 Å². The Morgan fingerprint density at radius 1 is 0.375 bits per heavy atom. The summed E-state index contributed by atoms with van der Waals surface area (Å²) in [4.78, 5) is 10.4. The third-order valence-corrected chi connectivity index (χ3v) is 9.53. The summed E-state index contributed by atoms with van der Waals surface area (Å²) >= 11 is 0. The normalized spacial score (nSPS) is 11.8. The van der Waals surface area contributed by atoms with Gasteiger partial charge in [0.15, 0.2) is 0 Å². The number of nitrogens with zero attached hydrogens (tertiary/aromatic N) is 4. The maximum Gasteiger partial charge on any atom is 0.235 e. The van der Waals surface area contributed by atoms with Crippen LogP contribution in [0.25, 0.3) is 88.5 Å². The lowest BCUT2D eigenvalue weighted by Crippen LogP contribution is -2.03. The van der Waals surface area contributed by atoms with Gasteiger partial charge in [0, 0.05) is 43.7 Å². The van der Waals surface area contributed by atoms with Crippen molar-refractivity contribution < 1.29 is 0 Å². The average Bonchev–Trinajstić information content (AvgIpc) is 3.68. The Balaban J connectivity index is 1.25. The maximum absolute atomic E-state index is 5.25. The first-order valence-electron chi connectivity index (χ1n) is 16.3. The van der Waals surface area contributed by atoms with Gasteiger partial charge in [0.05, 0.1) is 33.3 Å². The Morgan fingerprint density at radius 3 is 1.77 bits per heavy atom. The van der Waals surface area contributed by atoms with E-state index < -0.39 is 0 Å². The molecule has 3 aromatic heterocycles. The van der Waals surface area contributed by atoms with Gasteiger partial charge in [0.1, 0.15) is 0 Å². The van der Waals surface area contributed by atoms with Gasteiger partial charge in [-0.2, -0.15) is 0 Å². The van der Waals surface area contributed by atoms with Crippen molar-refractivity contribution in [2.45, 2.75) is 0 Å². The topological polar surface area (TPSA) is 35.6 Å². The van der Waals surface area contributed by atoms with E-state index in [0.29, 0.717) is 5.95 Å². The van der Waals surface area contributed by atoms with E-state index >= 15 is 0 Å². The number of para-hydroxylation sites is 5. The standard InChI is InChI=1S/C44H28N4/c1-3-14-29(15-4-1)42-36-20-7-10-23-38(36)45-44(46-42)48-40-25-12-9-19-34(40)37-28-30(26-27-41(37)48)32-21-13-22-35-33-18-8-11-24-39(33)47(43(32)35)31-16-5-2-6-17-31/h1-28H. The molecule has 0 radical (unpaired) electrons. The van der Waals surface area contributed by atoms with E-state index in [9.17, 15) is 0 Å². The van der Waals surface area contributed by atoms with Gasteiger partial charge in [-0.3, -0.25) is 4.57 Å². The van der Waals surface area contributed by atoms with Crippen molar-refractivity contribution in [3.05, 3.63) is 170 Å². The molecule has 3 heterocycles. The second-order valence-corrected chi connectivity index (χ2v) is 12.2.